The monoisotopic (exact) mass is 237 g/mol. The van der Waals surface area contributed by atoms with Crippen molar-refractivity contribution in [2.75, 3.05) is 20.3 Å². The van der Waals surface area contributed by atoms with Gasteiger partial charge in [0.2, 0.25) is 0 Å². The Labute approximate surface area is 103 Å². The summed E-state index contributed by atoms with van der Waals surface area (Å²) in [5.41, 5.74) is 1.31. The summed E-state index contributed by atoms with van der Waals surface area (Å²) in [6.45, 7) is 5.03. The number of ether oxygens (including phenoxy) is 1. The Hall–Kier alpha value is -0.870. The molecule has 0 bridgehead atoms. The lowest BCUT2D eigenvalue weighted by Gasteiger charge is -2.20. The van der Waals surface area contributed by atoms with Gasteiger partial charge in [-0.1, -0.05) is 6.92 Å². The van der Waals surface area contributed by atoms with Gasteiger partial charge in [-0.25, -0.2) is 0 Å². The molecule has 0 saturated carbocycles. The molecule has 1 aromatic rings. The van der Waals surface area contributed by atoms with Gasteiger partial charge in [0.05, 0.1) is 5.69 Å². The van der Waals surface area contributed by atoms with Crippen molar-refractivity contribution in [3.05, 3.63) is 18.0 Å². The van der Waals surface area contributed by atoms with Gasteiger partial charge in [0.25, 0.3) is 0 Å². The minimum absolute atomic E-state index is 0.399. The molecule has 1 aliphatic heterocycles. The highest BCUT2D eigenvalue weighted by Gasteiger charge is 2.22. The Morgan fingerprint density at radius 2 is 2.53 bits per heavy atom. The molecular weight excluding hydrogens is 214 g/mol. The van der Waals surface area contributed by atoms with Crippen LogP contribution >= 0.6 is 0 Å². The largest absolute Gasteiger partial charge is 0.381 e. The van der Waals surface area contributed by atoms with Gasteiger partial charge in [0, 0.05) is 32.0 Å². The maximum atomic E-state index is 5.45. The highest BCUT2D eigenvalue weighted by molar-refractivity contribution is 5.07. The maximum absolute atomic E-state index is 5.45. The Bertz CT molecular complexity index is 331. The first-order chi connectivity index (χ1) is 8.35. The van der Waals surface area contributed by atoms with Crippen molar-refractivity contribution in [3.63, 3.8) is 0 Å². The van der Waals surface area contributed by atoms with Gasteiger partial charge in [-0.15, -0.1) is 0 Å². The van der Waals surface area contributed by atoms with Gasteiger partial charge >= 0.3 is 0 Å². The van der Waals surface area contributed by atoms with Crippen LogP contribution in [0.3, 0.4) is 0 Å². The van der Waals surface area contributed by atoms with E-state index in [9.17, 15) is 0 Å². The van der Waals surface area contributed by atoms with Gasteiger partial charge in [0.15, 0.2) is 0 Å². The average molecular weight is 237 g/mol. The zero-order chi connectivity index (χ0) is 12.1. The second-order valence-electron chi connectivity index (χ2n) is 4.79. The molecule has 2 atom stereocenters. The van der Waals surface area contributed by atoms with E-state index < -0.39 is 0 Å². The van der Waals surface area contributed by atoms with Crippen molar-refractivity contribution >= 4 is 0 Å². The second kappa shape index (κ2) is 6.17. The minimum Gasteiger partial charge on any atom is -0.381 e. The summed E-state index contributed by atoms with van der Waals surface area (Å²) < 4.78 is 7.57. The topological polar surface area (TPSA) is 39.1 Å². The van der Waals surface area contributed by atoms with E-state index in [1.165, 1.54) is 12.1 Å². The number of aromatic nitrogens is 2. The van der Waals surface area contributed by atoms with Crippen LogP contribution in [0.25, 0.3) is 0 Å². The Balaban J connectivity index is 2.02. The normalized spacial score (nSPS) is 21.9. The fraction of sp³-hybridized carbons (Fsp3) is 0.769. The Kier molecular flexibility index (Phi) is 4.57. The molecule has 2 rings (SSSR count). The lowest BCUT2D eigenvalue weighted by molar-refractivity contribution is 0.181. The van der Waals surface area contributed by atoms with Crippen molar-refractivity contribution in [2.24, 2.45) is 5.92 Å². The van der Waals surface area contributed by atoms with Crippen LogP contribution in [0, 0.1) is 5.92 Å². The van der Waals surface area contributed by atoms with E-state index in [1.54, 1.807) is 0 Å². The van der Waals surface area contributed by atoms with Crippen molar-refractivity contribution in [2.45, 2.75) is 38.8 Å². The zero-order valence-electron chi connectivity index (χ0n) is 10.9. The standard InChI is InChI=1S/C13H23N3O/c1-3-7-16-13(4-6-15-16)12(14-2)9-11-5-8-17-10-11/h4,6,11-12,14H,3,5,7-10H2,1-2H3. The summed E-state index contributed by atoms with van der Waals surface area (Å²) >= 11 is 0. The molecule has 1 fully saturated rings. The molecule has 1 aromatic heterocycles. The van der Waals surface area contributed by atoms with Crippen molar-refractivity contribution in [1.82, 2.24) is 15.1 Å². The number of nitrogens with zero attached hydrogens (tertiary/aromatic N) is 2. The van der Waals surface area contributed by atoms with Gasteiger partial charge in [-0.05, 0) is 38.3 Å². The van der Waals surface area contributed by atoms with E-state index in [-0.39, 0.29) is 0 Å². The third kappa shape index (κ3) is 3.07. The predicted octanol–water partition coefficient (Wildman–Crippen LogP) is 1.98. The Morgan fingerprint density at radius 3 is 3.18 bits per heavy atom. The SMILES string of the molecule is CCCn1nccc1C(CC1CCOC1)NC. The van der Waals surface area contributed by atoms with E-state index in [1.807, 2.05) is 13.2 Å². The van der Waals surface area contributed by atoms with Crippen LogP contribution < -0.4 is 5.32 Å². The van der Waals surface area contributed by atoms with Crippen LogP contribution in [-0.4, -0.2) is 30.0 Å². The summed E-state index contributed by atoms with van der Waals surface area (Å²) in [6, 6.07) is 2.53. The highest BCUT2D eigenvalue weighted by Crippen LogP contribution is 2.26. The molecule has 0 amide bonds. The van der Waals surface area contributed by atoms with Crippen LogP contribution in [0.5, 0.6) is 0 Å². The molecular formula is C13H23N3O. The lowest BCUT2D eigenvalue weighted by Crippen LogP contribution is -2.23. The fourth-order valence-electron chi connectivity index (χ4n) is 2.53. The first-order valence-electron chi connectivity index (χ1n) is 6.61. The molecule has 1 N–H and O–H groups in total. The van der Waals surface area contributed by atoms with Gasteiger partial charge in [-0.2, -0.15) is 5.10 Å². The van der Waals surface area contributed by atoms with Gasteiger partial charge < -0.3 is 10.1 Å². The zero-order valence-corrected chi connectivity index (χ0v) is 10.9. The molecule has 2 unspecified atom stereocenters. The van der Waals surface area contributed by atoms with Crippen LogP contribution in [0.2, 0.25) is 0 Å². The average Bonchev–Trinajstić information content (AvgIpc) is 2.97. The van der Waals surface area contributed by atoms with E-state index in [2.05, 4.69) is 28.1 Å². The molecule has 4 nitrogen and oxygen atoms in total. The molecule has 1 aliphatic rings. The molecule has 0 spiro atoms. The second-order valence-corrected chi connectivity index (χ2v) is 4.79. The fourth-order valence-corrected chi connectivity index (χ4v) is 2.53. The van der Waals surface area contributed by atoms with E-state index >= 15 is 0 Å². The van der Waals surface area contributed by atoms with Crippen LogP contribution in [0.15, 0.2) is 12.3 Å². The number of nitrogens with one attached hydrogen (secondary N) is 1. The van der Waals surface area contributed by atoms with Gasteiger partial charge in [0.1, 0.15) is 0 Å². The molecule has 0 radical (unpaired) electrons. The van der Waals surface area contributed by atoms with Crippen molar-refractivity contribution < 1.29 is 4.74 Å². The van der Waals surface area contributed by atoms with Crippen LogP contribution in [0.1, 0.15) is 37.9 Å². The molecule has 1 saturated heterocycles. The third-order valence-corrected chi connectivity index (χ3v) is 3.48. The highest BCUT2D eigenvalue weighted by atomic mass is 16.5. The molecule has 0 aliphatic carbocycles. The van der Waals surface area contributed by atoms with E-state index in [4.69, 9.17) is 4.74 Å². The summed E-state index contributed by atoms with van der Waals surface area (Å²) in [5, 5.41) is 7.81. The van der Waals surface area contributed by atoms with E-state index in [0.717, 1.165) is 32.6 Å². The summed E-state index contributed by atoms with van der Waals surface area (Å²) in [6.07, 6.45) is 5.37. The number of rotatable bonds is 6. The van der Waals surface area contributed by atoms with Crippen LogP contribution in [0.4, 0.5) is 0 Å². The summed E-state index contributed by atoms with van der Waals surface area (Å²) in [7, 11) is 2.03. The number of hydrogen-bond acceptors (Lipinski definition) is 3. The maximum Gasteiger partial charge on any atom is 0.0553 e. The van der Waals surface area contributed by atoms with Crippen molar-refractivity contribution in [3.8, 4) is 0 Å². The minimum atomic E-state index is 0.399. The quantitative estimate of drug-likeness (QED) is 0.822. The molecule has 96 valence electrons. The molecule has 4 heteroatoms. The summed E-state index contributed by atoms with van der Waals surface area (Å²) in [4.78, 5) is 0. The van der Waals surface area contributed by atoms with Crippen molar-refractivity contribution in [1.29, 1.82) is 0 Å². The Morgan fingerprint density at radius 1 is 1.65 bits per heavy atom. The first kappa shape index (κ1) is 12.6. The molecule has 0 aromatic carbocycles. The first-order valence-corrected chi connectivity index (χ1v) is 6.61. The smallest absolute Gasteiger partial charge is 0.0553 e. The number of hydrogen-bond donors (Lipinski definition) is 1. The number of aryl methyl sites for hydroxylation is 1. The summed E-state index contributed by atoms with van der Waals surface area (Å²) in [5.74, 6) is 0.692. The predicted molar refractivity (Wildman–Crippen MR) is 67.9 cm³/mol. The third-order valence-electron chi connectivity index (χ3n) is 3.48. The lowest BCUT2D eigenvalue weighted by atomic mass is 9.97. The van der Waals surface area contributed by atoms with E-state index in [0.29, 0.717) is 12.0 Å². The molecule has 17 heavy (non-hydrogen) atoms. The van der Waals surface area contributed by atoms with Gasteiger partial charge in [-0.3, -0.25) is 4.68 Å². The molecule has 2 heterocycles. The van der Waals surface area contributed by atoms with Crippen LogP contribution in [-0.2, 0) is 11.3 Å².